The number of aryl methyl sites for hydroxylation is 2. The molecule has 11 heavy (non-hydrogen) atoms. The van der Waals surface area contributed by atoms with Crippen LogP contribution in [0.1, 0.15) is 11.1 Å². The summed E-state index contributed by atoms with van der Waals surface area (Å²) in [6.07, 6.45) is 4.29. The summed E-state index contributed by atoms with van der Waals surface area (Å²) in [6.45, 7) is 5.98. The molecular formula is C9H15NO. The lowest BCUT2D eigenvalue weighted by atomic mass is 10.2. The van der Waals surface area contributed by atoms with Crippen LogP contribution in [-0.2, 0) is 11.3 Å². The van der Waals surface area contributed by atoms with Crippen LogP contribution in [0.15, 0.2) is 12.4 Å². The zero-order valence-corrected chi connectivity index (χ0v) is 7.42. The average Bonchev–Trinajstić information content (AvgIpc) is 2.28. The SMILES string of the molecule is COCCn1cc(C)c(C)c1. The quantitative estimate of drug-likeness (QED) is 0.645. The third-order valence-corrected chi connectivity index (χ3v) is 1.89. The van der Waals surface area contributed by atoms with Crippen molar-refractivity contribution in [2.75, 3.05) is 13.7 Å². The highest BCUT2D eigenvalue weighted by molar-refractivity contribution is 5.20. The van der Waals surface area contributed by atoms with Crippen LogP contribution in [0.2, 0.25) is 0 Å². The van der Waals surface area contributed by atoms with Crippen LogP contribution in [0.3, 0.4) is 0 Å². The first-order valence-electron chi connectivity index (χ1n) is 3.86. The first kappa shape index (κ1) is 8.34. The molecule has 0 unspecified atom stereocenters. The minimum atomic E-state index is 0.785. The van der Waals surface area contributed by atoms with Gasteiger partial charge in [-0.3, -0.25) is 0 Å². The molecule has 0 N–H and O–H groups in total. The summed E-state index contributed by atoms with van der Waals surface area (Å²) in [5.74, 6) is 0. The Labute approximate surface area is 67.8 Å². The Morgan fingerprint density at radius 3 is 2.27 bits per heavy atom. The molecule has 1 heterocycles. The molecule has 0 amide bonds. The van der Waals surface area contributed by atoms with Gasteiger partial charge >= 0.3 is 0 Å². The predicted octanol–water partition coefficient (Wildman–Crippen LogP) is 1.75. The second-order valence-corrected chi connectivity index (χ2v) is 2.85. The molecule has 0 aromatic carbocycles. The monoisotopic (exact) mass is 153 g/mol. The Hall–Kier alpha value is -0.760. The second kappa shape index (κ2) is 3.58. The molecule has 1 aromatic heterocycles. The number of rotatable bonds is 3. The van der Waals surface area contributed by atoms with Gasteiger partial charge in [-0.25, -0.2) is 0 Å². The first-order valence-corrected chi connectivity index (χ1v) is 3.86. The van der Waals surface area contributed by atoms with Crippen LogP contribution < -0.4 is 0 Å². The van der Waals surface area contributed by atoms with E-state index in [2.05, 4.69) is 30.8 Å². The highest BCUT2D eigenvalue weighted by atomic mass is 16.5. The van der Waals surface area contributed by atoms with Crippen molar-refractivity contribution in [3.63, 3.8) is 0 Å². The van der Waals surface area contributed by atoms with Gasteiger partial charge in [-0.05, 0) is 25.0 Å². The normalized spacial score (nSPS) is 10.5. The van der Waals surface area contributed by atoms with E-state index in [0.29, 0.717) is 0 Å². The fraction of sp³-hybridized carbons (Fsp3) is 0.556. The topological polar surface area (TPSA) is 14.2 Å². The molecule has 0 bridgehead atoms. The lowest BCUT2D eigenvalue weighted by molar-refractivity contribution is 0.187. The fourth-order valence-corrected chi connectivity index (χ4v) is 1.06. The van der Waals surface area contributed by atoms with Crippen LogP contribution in [0.25, 0.3) is 0 Å². The Bertz CT molecular complexity index is 208. The van der Waals surface area contributed by atoms with Gasteiger partial charge < -0.3 is 9.30 Å². The third kappa shape index (κ3) is 2.09. The Morgan fingerprint density at radius 1 is 1.27 bits per heavy atom. The smallest absolute Gasteiger partial charge is 0.0641 e. The Balaban J connectivity index is 2.58. The molecule has 0 saturated carbocycles. The molecule has 0 fully saturated rings. The molecule has 0 spiro atoms. The van der Waals surface area contributed by atoms with E-state index in [1.165, 1.54) is 11.1 Å². The summed E-state index contributed by atoms with van der Waals surface area (Å²) in [5.41, 5.74) is 2.70. The van der Waals surface area contributed by atoms with Gasteiger partial charge in [0, 0.05) is 26.0 Å². The van der Waals surface area contributed by atoms with Crippen LogP contribution >= 0.6 is 0 Å². The molecule has 0 aliphatic heterocycles. The zero-order valence-electron chi connectivity index (χ0n) is 7.42. The van der Waals surface area contributed by atoms with E-state index in [0.717, 1.165) is 13.2 Å². The van der Waals surface area contributed by atoms with E-state index >= 15 is 0 Å². The van der Waals surface area contributed by atoms with E-state index in [-0.39, 0.29) is 0 Å². The summed E-state index contributed by atoms with van der Waals surface area (Å²) in [5, 5.41) is 0. The largest absolute Gasteiger partial charge is 0.383 e. The highest BCUT2D eigenvalue weighted by Crippen LogP contribution is 2.06. The highest BCUT2D eigenvalue weighted by Gasteiger charge is 1.96. The van der Waals surface area contributed by atoms with Crippen molar-refractivity contribution in [1.29, 1.82) is 0 Å². The summed E-state index contributed by atoms with van der Waals surface area (Å²) < 4.78 is 7.13. The number of nitrogens with zero attached hydrogens (tertiary/aromatic N) is 1. The van der Waals surface area contributed by atoms with Crippen LogP contribution in [0.4, 0.5) is 0 Å². The van der Waals surface area contributed by atoms with Crippen molar-refractivity contribution in [1.82, 2.24) is 4.57 Å². The molecule has 0 aliphatic rings. The molecule has 2 nitrogen and oxygen atoms in total. The van der Waals surface area contributed by atoms with Gasteiger partial charge in [0.05, 0.1) is 6.61 Å². The molecular weight excluding hydrogens is 138 g/mol. The molecule has 0 atom stereocenters. The molecule has 0 radical (unpaired) electrons. The average molecular weight is 153 g/mol. The van der Waals surface area contributed by atoms with E-state index in [9.17, 15) is 0 Å². The first-order chi connectivity index (χ1) is 5.24. The van der Waals surface area contributed by atoms with Crippen molar-refractivity contribution in [3.05, 3.63) is 23.5 Å². The van der Waals surface area contributed by atoms with E-state index in [1.807, 2.05) is 0 Å². The van der Waals surface area contributed by atoms with Gasteiger partial charge in [-0.2, -0.15) is 0 Å². The van der Waals surface area contributed by atoms with Gasteiger partial charge in [-0.1, -0.05) is 0 Å². The van der Waals surface area contributed by atoms with Gasteiger partial charge in [0.2, 0.25) is 0 Å². The lowest BCUT2D eigenvalue weighted by Gasteiger charge is -1.99. The third-order valence-electron chi connectivity index (χ3n) is 1.89. The van der Waals surface area contributed by atoms with Crippen LogP contribution in [0.5, 0.6) is 0 Å². The molecule has 62 valence electrons. The summed E-state index contributed by atoms with van der Waals surface area (Å²) in [7, 11) is 1.73. The van der Waals surface area contributed by atoms with Crippen molar-refractivity contribution < 1.29 is 4.74 Å². The molecule has 1 rings (SSSR count). The zero-order chi connectivity index (χ0) is 8.27. The standard InChI is InChI=1S/C9H15NO/c1-8-6-10(4-5-11-3)7-9(8)2/h6-7H,4-5H2,1-3H3. The minimum Gasteiger partial charge on any atom is -0.383 e. The number of hydrogen-bond acceptors (Lipinski definition) is 1. The number of aromatic nitrogens is 1. The number of methoxy groups -OCH3 is 1. The second-order valence-electron chi connectivity index (χ2n) is 2.85. The van der Waals surface area contributed by atoms with Crippen LogP contribution in [0, 0.1) is 13.8 Å². The molecule has 1 aromatic rings. The maximum atomic E-state index is 4.97. The molecule has 0 saturated heterocycles. The van der Waals surface area contributed by atoms with Gasteiger partial charge in [-0.15, -0.1) is 0 Å². The van der Waals surface area contributed by atoms with E-state index in [1.54, 1.807) is 7.11 Å². The Morgan fingerprint density at radius 2 is 1.82 bits per heavy atom. The van der Waals surface area contributed by atoms with Crippen molar-refractivity contribution in [3.8, 4) is 0 Å². The maximum Gasteiger partial charge on any atom is 0.0641 e. The molecule has 0 aliphatic carbocycles. The van der Waals surface area contributed by atoms with Crippen LogP contribution in [-0.4, -0.2) is 18.3 Å². The maximum absolute atomic E-state index is 4.97. The minimum absolute atomic E-state index is 0.785. The van der Waals surface area contributed by atoms with Crippen molar-refractivity contribution >= 4 is 0 Å². The molecule has 2 heteroatoms. The van der Waals surface area contributed by atoms with Crippen molar-refractivity contribution in [2.24, 2.45) is 0 Å². The predicted molar refractivity (Wildman–Crippen MR) is 45.8 cm³/mol. The van der Waals surface area contributed by atoms with E-state index in [4.69, 9.17) is 4.74 Å². The fourth-order valence-electron chi connectivity index (χ4n) is 1.06. The summed E-state index contributed by atoms with van der Waals surface area (Å²) in [4.78, 5) is 0. The van der Waals surface area contributed by atoms with E-state index < -0.39 is 0 Å². The lowest BCUT2D eigenvalue weighted by Crippen LogP contribution is -2.00. The number of hydrogen-bond donors (Lipinski definition) is 0. The summed E-state index contributed by atoms with van der Waals surface area (Å²) in [6, 6.07) is 0. The van der Waals surface area contributed by atoms with Gasteiger partial charge in [0.1, 0.15) is 0 Å². The van der Waals surface area contributed by atoms with Crippen molar-refractivity contribution in [2.45, 2.75) is 20.4 Å². The van der Waals surface area contributed by atoms with Gasteiger partial charge in [0.25, 0.3) is 0 Å². The van der Waals surface area contributed by atoms with Gasteiger partial charge in [0.15, 0.2) is 0 Å². The Kier molecular flexibility index (Phi) is 2.71. The number of ether oxygens (including phenoxy) is 1. The summed E-state index contributed by atoms with van der Waals surface area (Å²) >= 11 is 0.